The van der Waals surface area contributed by atoms with Crippen LogP contribution in [0.3, 0.4) is 0 Å². The monoisotopic (exact) mass is 422 g/mol. The summed E-state index contributed by atoms with van der Waals surface area (Å²) in [7, 11) is 5.41. The summed E-state index contributed by atoms with van der Waals surface area (Å²) in [5.41, 5.74) is 3.41. The van der Waals surface area contributed by atoms with Crippen LogP contribution in [-0.2, 0) is 19.1 Å². The van der Waals surface area contributed by atoms with Crippen LogP contribution >= 0.6 is 0 Å². The van der Waals surface area contributed by atoms with Gasteiger partial charge in [-0.05, 0) is 42.0 Å². The van der Waals surface area contributed by atoms with Gasteiger partial charge in [0, 0.05) is 45.2 Å². The molecule has 2 aromatic rings. The first-order chi connectivity index (χ1) is 14.8. The third-order valence-electron chi connectivity index (χ3n) is 4.83. The van der Waals surface area contributed by atoms with Gasteiger partial charge in [-0.15, -0.1) is 0 Å². The molecule has 0 fully saturated rings. The number of anilines is 3. The Balaban J connectivity index is 1.97. The van der Waals surface area contributed by atoms with E-state index in [0.29, 0.717) is 16.9 Å². The number of nitrogens with one attached hydrogen (secondary N) is 2. The number of nitrogens with zero attached hydrogens (tertiary/aromatic N) is 2. The molecule has 0 bridgehead atoms. The van der Waals surface area contributed by atoms with Gasteiger partial charge in [-0.3, -0.25) is 19.3 Å². The van der Waals surface area contributed by atoms with Crippen molar-refractivity contribution in [3.63, 3.8) is 0 Å². The molecule has 0 radical (unpaired) electrons. The van der Waals surface area contributed by atoms with Gasteiger partial charge in [-0.1, -0.05) is 12.1 Å². The number of hydrogen-bond donors (Lipinski definition) is 2. The van der Waals surface area contributed by atoms with Crippen molar-refractivity contribution in [2.75, 3.05) is 49.9 Å². The Morgan fingerprint density at radius 3 is 2.13 bits per heavy atom. The minimum atomic E-state index is -0.403. The summed E-state index contributed by atoms with van der Waals surface area (Å²) >= 11 is 0. The minimum Gasteiger partial charge on any atom is -0.383 e. The number of imide groups is 1. The lowest BCUT2D eigenvalue weighted by atomic mass is 10.0. The van der Waals surface area contributed by atoms with Crippen LogP contribution < -0.4 is 15.5 Å². The molecule has 8 heteroatoms. The number of amides is 3. The minimum absolute atomic E-state index is 0.159. The van der Waals surface area contributed by atoms with Gasteiger partial charge in [-0.2, -0.15) is 0 Å². The number of ether oxygens (including phenoxy) is 1. The number of carbonyl (C=O) groups excluding carboxylic acids is 3. The molecular formula is C23H26N4O4. The van der Waals surface area contributed by atoms with Crippen molar-refractivity contribution in [1.29, 1.82) is 0 Å². The van der Waals surface area contributed by atoms with Crippen LogP contribution in [0.4, 0.5) is 17.1 Å². The summed E-state index contributed by atoms with van der Waals surface area (Å²) in [5.74, 6) is -0.977. The van der Waals surface area contributed by atoms with Crippen LogP contribution in [0.25, 0.3) is 5.57 Å². The van der Waals surface area contributed by atoms with Gasteiger partial charge in [0.05, 0.1) is 18.7 Å². The van der Waals surface area contributed by atoms with Gasteiger partial charge in [-0.25, -0.2) is 0 Å². The SMILES string of the molecule is COCCN1C(=O)C(Nc2ccc(N(C)C)cc2)=C(c2ccc(NC(C)=O)cc2)C1=O. The average Bonchev–Trinajstić information content (AvgIpc) is 2.96. The summed E-state index contributed by atoms with van der Waals surface area (Å²) in [6.45, 7) is 1.83. The highest BCUT2D eigenvalue weighted by atomic mass is 16.5. The number of rotatable bonds is 8. The van der Waals surface area contributed by atoms with E-state index in [0.717, 1.165) is 5.69 Å². The molecule has 0 atom stereocenters. The van der Waals surface area contributed by atoms with Crippen LogP contribution in [-0.4, -0.2) is 57.0 Å². The largest absolute Gasteiger partial charge is 0.383 e. The van der Waals surface area contributed by atoms with Crippen LogP contribution in [0.5, 0.6) is 0 Å². The van der Waals surface area contributed by atoms with Gasteiger partial charge in [0.15, 0.2) is 0 Å². The van der Waals surface area contributed by atoms with E-state index in [9.17, 15) is 14.4 Å². The molecule has 31 heavy (non-hydrogen) atoms. The first-order valence-corrected chi connectivity index (χ1v) is 9.83. The second-order valence-corrected chi connectivity index (χ2v) is 7.33. The average molecular weight is 422 g/mol. The van der Waals surface area contributed by atoms with Gasteiger partial charge < -0.3 is 20.3 Å². The van der Waals surface area contributed by atoms with E-state index in [1.165, 1.54) is 18.9 Å². The normalized spacial score (nSPS) is 13.6. The van der Waals surface area contributed by atoms with Gasteiger partial charge >= 0.3 is 0 Å². The molecule has 1 heterocycles. The smallest absolute Gasteiger partial charge is 0.278 e. The highest BCUT2D eigenvalue weighted by molar-refractivity contribution is 6.36. The number of methoxy groups -OCH3 is 1. The van der Waals surface area contributed by atoms with Crippen LogP contribution in [0.2, 0.25) is 0 Å². The molecule has 0 spiro atoms. The van der Waals surface area contributed by atoms with Crippen molar-refractivity contribution in [3.8, 4) is 0 Å². The van der Waals surface area contributed by atoms with Gasteiger partial charge in [0.2, 0.25) is 5.91 Å². The van der Waals surface area contributed by atoms with E-state index in [-0.39, 0.29) is 36.2 Å². The Bertz CT molecular complexity index is 1010. The zero-order valence-electron chi connectivity index (χ0n) is 18.1. The molecular weight excluding hydrogens is 396 g/mol. The number of benzene rings is 2. The summed E-state index contributed by atoms with van der Waals surface area (Å²) in [6, 6.07) is 14.4. The zero-order valence-corrected chi connectivity index (χ0v) is 18.1. The first-order valence-electron chi connectivity index (χ1n) is 9.83. The second kappa shape index (κ2) is 9.44. The molecule has 3 amide bonds. The van der Waals surface area contributed by atoms with Gasteiger partial charge in [0.1, 0.15) is 5.70 Å². The number of hydrogen-bond acceptors (Lipinski definition) is 6. The van der Waals surface area contributed by atoms with Crippen molar-refractivity contribution in [1.82, 2.24) is 4.90 Å². The van der Waals surface area contributed by atoms with E-state index in [1.54, 1.807) is 24.3 Å². The fourth-order valence-corrected chi connectivity index (χ4v) is 3.26. The topological polar surface area (TPSA) is 91.0 Å². The maximum atomic E-state index is 13.1. The molecule has 162 valence electrons. The Labute approximate surface area is 181 Å². The second-order valence-electron chi connectivity index (χ2n) is 7.33. The Morgan fingerprint density at radius 2 is 1.58 bits per heavy atom. The van der Waals surface area contributed by atoms with E-state index in [4.69, 9.17) is 4.74 Å². The fraction of sp³-hybridized carbons (Fsp3) is 0.261. The van der Waals surface area contributed by atoms with E-state index in [1.807, 2.05) is 43.3 Å². The molecule has 2 N–H and O–H groups in total. The summed E-state index contributed by atoms with van der Waals surface area (Å²) in [6.07, 6.45) is 0. The molecule has 1 aliphatic heterocycles. The van der Waals surface area contributed by atoms with Crippen molar-refractivity contribution in [2.24, 2.45) is 0 Å². The first kappa shape index (κ1) is 22.0. The number of carbonyl (C=O) groups is 3. The van der Waals surface area contributed by atoms with Gasteiger partial charge in [0.25, 0.3) is 11.8 Å². The molecule has 0 aliphatic carbocycles. The zero-order chi connectivity index (χ0) is 22.5. The highest BCUT2D eigenvalue weighted by Crippen LogP contribution is 2.31. The molecule has 0 saturated heterocycles. The van der Waals surface area contributed by atoms with Crippen molar-refractivity contribution in [2.45, 2.75) is 6.92 Å². The van der Waals surface area contributed by atoms with E-state index >= 15 is 0 Å². The molecule has 0 unspecified atom stereocenters. The van der Waals surface area contributed by atoms with Crippen molar-refractivity contribution < 1.29 is 19.1 Å². The van der Waals surface area contributed by atoms with Crippen LogP contribution in [0, 0.1) is 0 Å². The van der Waals surface area contributed by atoms with Crippen LogP contribution in [0.1, 0.15) is 12.5 Å². The summed E-state index contributed by atoms with van der Waals surface area (Å²) < 4.78 is 5.05. The predicted molar refractivity (Wildman–Crippen MR) is 121 cm³/mol. The van der Waals surface area contributed by atoms with E-state index < -0.39 is 5.91 Å². The highest BCUT2D eigenvalue weighted by Gasteiger charge is 2.38. The van der Waals surface area contributed by atoms with E-state index in [2.05, 4.69) is 10.6 Å². The maximum absolute atomic E-state index is 13.1. The summed E-state index contributed by atoms with van der Waals surface area (Å²) in [5, 5.41) is 5.82. The third-order valence-corrected chi connectivity index (χ3v) is 4.83. The molecule has 0 aromatic heterocycles. The lowest BCUT2D eigenvalue weighted by Gasteiger charge is -2.15. The Kier molecular flexibility index (Phi) is 6.71. The lowest BCUT2D eigenvalue weighted by molar-refractivity contribution is -0.137. The molecule has 1 aliphatic rings. The van der Waals surface area contributed by atoms with Crippen LogP contribution in [0.15, 0.2) is 54.2 Å². The Morgan fingerprint density at radius 1 is 0.968 bits per heavy atom. The van der Waals surface area contributed by atoms with Crippen molar-refractivity contribution >= 4 is 40.4 Å². The van der Waals surface area contributed by atoms with Crippen molar-refractivity contribution in [3.05, 3.63) is 59.8 Å². The molecule has 0 saturated carbocycles. The molecule has 3 rings (SSSR count). The molecule has 8 nitrogen and oxygen atoms in total. The standard InChI is InChI=1S/C23H26N4O4/c1-15(28)24-17-7-5-16(6-8-17)20-21(23(30)27(22(20)29)13-14-31-4)25-18-9-11-19(12-10-18)26(2)3/h5-12,25H,13-14H2,1-4H3,(H,24,28). The lowest BCUT2D eigenvalue weighted by Crippen LogP contribution is -2.35. The fourth-order valence-electron chi connectivity index (χ4n) is 3.26. The summed E-state index contributed by atoms with van der Waals surface area (Å²) in [4.78, 5) is 40.6. The Hall–Kier alpha value is -3.65. The maximum Gasteiger partial charge on any atom is 0.278 e. The molecule has 2 aromatic carbocycles. The quantitative estimate of drug-likeness (QED) is 0.636. The predicted octanol–water partition coefficient (Wildman–Crippen LogP) is 2.55. The third kappa shape index (κ3) is 4.92.